The van der Waals surface area contributed by atoms with Crippen LogP contribution >= 0.6 is 0 Å². The van der Waals surface area contributed by atoms with Gasteiger partial charge < -0.3 is 4.57 Å². The van der Waals surface area contributed by atoms with E-state index in [4.69, 9.17) is 0 Å². The summed E-state index contributed by atoms with van der Waals surface area (Å²) < 4.78 is 1.98. The van der Waals surface area contributed by atoms with Gasteiger partial charge in [-0.3, -0.25) is 9.78 Å². The van der Waals surface area contributed by atoms with E-state index < -0.39 is 0 Å². The summed E-state index contributed by atoms with van der Waals surface area (Å²) in [7, 11) is 0. The predicted octanol–water partition coefficient (Wildman–Crippen LogP) is 3.99. The number of pyridine rings is 1. The normalized spacial score (nSPS) is 11.0. The molecule has 3 nitrogen and oxygen atoms in total. The summed E-state index contributed by atoms with van der Waals surface area (Å²) in [4.78, 5) is 15.7. The van der Waals surface area contributed by atoms with Crippen LogP contribution in [-0.2, 0) is 0 Å². The lowest BCUT2D eigenvalue weighted by Gasteiger charge is -2.09. The third kappa shape index (κ3) is 1.82. The standard InChI is InChI=1S/C18H12N2O/c21-12-16-11-14-4-1-2-6-18(14)20(16)15-7-8-17-13(10-15)5-3-9-19-17/h1-12H. The van der Waals surface area contributed by atoms with Crippen molar-refractivity contribution >= 4 is 28.1 Å². The second-order valence-electron chi connectivity index (χ2n) is 4.96. The number of para-hydroxylation sites is 1. The van der Waals surface area contributed by atoms with Gasteiger partial charge in [-0.15, -0.1) is 0 Å². The van der Waals surface area contributed by atoms with Crippen molar-refractivity contribution in [1.82, 2.24) is 9.55 Å². The Morgan fingerprint density at radius 3 is 2.67 bits per heavy atom. The minimum absolute atomic E-state index is 0.652. The molecule has 100 valence electrons. The monoisotopic (exact) mass is 272 g/mol. The molecule has 2 aromatic heterocycles. The third-order valence-electron chi connectivity index (χ3n) is 3.70. The Kier molecular flexibility index (Phi) is 2.57. The zero-order valence-corrected chi connectivity index (χ0v) is 11.2. The lowest BCUT2D eigenvalue weighted by atomic mass is 10.2. The second kappa shape index (κ2) is 4.56. The van der Waals surface area contributed by atoms with Crippen molar-refractivity contribution in [3.05, 3.63) is 72.6 Å². The van der Waals surface area contributed by atoms with E-state index >= 15 is 0 Å². The fraction of sp³-hybridized carbons (Fsp3) is 0. The lowest BCUT2D eigenvalue weighted by molar-refractivity contribution is 0.111. The van der Waals surface area contributed by atoms with Gasteiger partial charge >= 0.3 is 0 Å². The fourth-order valence-corrected chi connectivity index (χ4v) is 2.75. The van der Waals surface area contributed by atoms with Gasteiger partial charge in [0, 0.05) is 22.7 Å². The Bertz CT molecular complexity index is 969. The van der Waals surface area contributed by atoms with E-state index in [9.17, 15) is 4.79 Å². The van der Waals surface area contributed by atoms with Crippen LogP contribution in [0, 0.1) is 0 Å². The van der Waals surface area contributed by atoms with Crippen molar-refractivity contribution in [2.24, 2.45) is 0 Å². The summed E-state index contributed by atoms with van der Waals surface area (Å²) in [5, 5.41) is 2.12. The van der Waals surface area contributed by atoms with Gasteiger partial charge in [-0.25, -0.2) is 0 Å². The number of nitrogens with zero attached hydrogens (tertiary/aromatic N) is 2. The molecule has 0 unspecified atom stereocenters. The molecular formula is C18H12N2O. The van der Waals surface area contributed by atoms with E-state index in [0.717, 1.165) is 33.8 Å². The maximum Gasteiger partial charge on any atom is 0.166 e. The minimum Gasteiger partial charge on any atom is -0.307 e. The minimum atomic E-state index is 0.652. The SMILES string of the molecule is O=Cc1cc2ccccc2n1-c1ccc2ncccc2c1. The zero-order valence-electron chi connectivity index (χ0n) is 11.2. The fourth-order valence-electron chi connectivity index (χ4n) is 2.75. The molecule has 0 saturated carbocycles. The molecule has 2 aromatic carbocycles. The predicted molar refractivity (Wildman–Crippen MR) is 84.0 cm³/mol. The average molecular weight is 272 g/mol. The first-order chi connectivity index (χ1) is 10.4. The van der Waals surface area contributed by atoms with Gasteiger partial charge in [-0.05, 0) is 36.4 Å². The largest absolute Gasteiger partial charge is 0.307 e. The number of fused-ring (bicyclic) bond motifs is 2. The number of carbonyl (C=O) groups is 1. The Morgan fingerprint density at radius 2 is 1.76 bits per heavy atom. The molecule has 0 bridgehead atoms. The van der Waals surface area contributed by atoms with Gasteiger partial charge in [0.2, 0.25) is 0 Å². The van der Waals surface area contributed by atoms with Crippen LogP contribution in [0.25, 0.3) is 27.5 Å². The number of carbonyl (C=O) groups excluding carboxylic acids is 1. The molecule has 0 atom stereocenters. The molecule has 0 aliphatic rings. The van der Waals surface area contributed by atoms with Gasteiger partial charge in [0.25, 0.3) is 0 Å². The first-order valence-electron chi connectivity index (χ1n) is 6.78. The van der Waals surface area contributed by atoms with Crippen molar-refractivity contribution in [2.45, 2.75) is 0 Å². The second-order valence-corrected chi connectivity index (χ2v) is 4.96. The average Bonchev–Trinajstić information content (AvgIpc) is 2.93. The number of rotatable bonds is 2. The van der Waals surface area contributed by atoms with Crippen LogP contribution in [0.2, 0.25) is 0 Å². The Hall–Kier alpha value is -2.94. The highest BCUT2D eigenvalue weighted by atomic mass is 16.1. The number of hydrogen-bond donors (Lipinski definition) is 0. The van der Waals surface area contributed by atoms with Crippen molar-refractivity contribution in [3.63, 3.8) is 0 Å². The maximum absolute atomic E-state index is 11.4. The molecule has 0 radical (unpaired) electrons. The third-order valence-corrected chi connectivity index (χ3v) is 3.70. The van der Waals surface area contributed by atoms with Crippen LogP contribution in [0.15, 0.2) is 66.9 Å². The molecule has 0 aliphatic carbocycles. The van der Waals surface area contributed by atoms with Crippen LogP contribution in [0.3, 0.4) is 0 Å². The Morgan fingerprint density at radius 1 is 0.905 bits per heavy atom. The molecule has 0 fully saturated rings. The molecule has 0 amide bonds. The van der Waals surface area contributed by atoms with Crippen LogP contribution < -0.4 is 0 Å². The summed E-state index contributed by atoms with van der Waals surface area (Å²) in [6, 6.07) is 19.9. The number of aldehydes is 1. The van der Waals surface area contributed by atoms with E-state index in [1.807, 2.05) is 59.2 Å². The van der Waals surface area contributed by atoms with E-state index in [0.29, 0.717) is 5.69 Å². The van der Waals surface area contributed by atoms with Gasteiger partial charge in [-0.2, -0.15) is 0 Å². The van der Waals surface area contributed by atoms with E-state index in [1.165, 1.54) is 0 Å². The van der Waals surface area contributed by atoms with Crippen molar-refractivity contribution < 1.29 is 4.79 Å². The quantitative estimate of drug-likeness (QED) is 0.517. The first-order valence-corrected chi connectivity index (χ1v) is 6.78. The summed E-state index contributed by atoms with van der Waals surface area (Å²) in [6.45, 7) is 0. The Balaban J connectivity index is 2.05. The highest BCUT2D eigenvalue weighted by Crippen LogP contribution is 2.25. The molecule has 0 saturated heterocycles. The van der Waals surface area contributed by atoms with Gasteiger partial charge in [0.05, 0.1) is 16.7 Å². The highest BCUT2D eigenvalue weighted by Gasteiger charge is 2.10. The summed E-state index contributed by atoms with van der Waals surface area (Å²) in [5.74, 6) is 0. The van der Waals surface area contributed by atoms with Crippen LogP contribution in [-0.4, -0.2) is 15.8 Å². The number of hydrogen-bond acceptors (Lipinski definition) is 2. The molecule has 4 aromatic rings. The van der Waals surface area contributed by atoms with Gasteiger partial charge in [-0.1, -0.05) is 24.3 Å². The summed E-state index contributed by atoms with van der Waals surface area (Å²) >= 11 is 0. The molecule has 0 spiro atoms. The first kappa shape index (κ1) is 11.9. The van der Waals surface area contributed by atoms with E-state index in [1.54, 1.807) is 6.20 Å². The van der Waals surface area contributed by atoms with Crippen LogP contribution in [0.1, 0.15) is 10.5 Å². The molecule has 21 heavy (non-hydrogen) atoms. The van der Waals surface area contributed by atoms with Crippen molar-refractivity contribution in [2.75, 3.05) is 0 Å². The van der Waals surface area contributed by atoms with E-state index in [-0.39, 0.29) is 0 Å². The van der Waals surface area contributed by atoms with Crippen LogP contribution in [0.5, 0.6) is 0 Å². The molecule has 0 aliphatic heterocycles. The lowest BCUT2D eigenvalue weighted by Crippen LogP contribution is -1.98. The van der Waals surface area contributed by atoms with Crippen molar-refractivity contribution in [3.8, 4) is 5.69 Å². The molecule has 2 heterocycles. The Labute approximate surface area is 121 Å². The summed E-state index contributed by atoms with van der Waals surface area (Å²) in [6.07, 6.45) is 2.68. The van der Waals surface area contributed by atoms with E-state index in [2.05, 4.69) is 11.1 Å². The number of aromatic nitrogens is 2. The number of benzene rings is 2. The zero-order chi connectivity index (χ0) is 14.2. The smallest absolute Gasteiger partial charge is 0.166 e. The maximum atomic E-state index is 11.4. The topological polar surface area (TPSA) is 34.9 Å². The van der Waals surface area contributed by atoms with Gasteiger partial charge in [0.1, 0.15) is 0 Å². The van der Waals surface area contributed by atoms with Gasteiger partial charge in [0.15, 0.2) is 6.29 Å². The summed E-state index contributed by atoms with van der Waals surface area (Å²) in [5.41, 5.74) is 3.60. The molecule has 0 N–H and O–H groups in total. The molecular weight excluding hydrogens is 260 g/mol. The van der Waals surface area contributed by atoms with Crippen molar-refractivity contribution in [1.29, 1.82) is 0 Å². The molecule has 4 rings (SSSR count). The highest BCUT2D eigenvalue weighted by molar-refractivity contribution is 5.91. The molecule has 3 heteroatoms. The van der Waals surface area contributed by atoms with Crippen LogP contribution in [0.4, 0.5) is 0 Å².